The third-order valence-corrected chi connectivity index (χ3v) is 8.74. The average molecular weight is 650 g/mol. The molecule has 47 heavy (non-hydrogen) atoms. The van der Waals surface area contributed by atoms with Crippen molar-refractivity contribution in [2.24, 2.45) is 5.92 Å². The molecule has 2 fully saturated rings. The summed E-state index contributed by atoms with van der Waals surface area (Å²) in [6.07, 6.45) is 0. The minimum atomic E-state index is -0.814. The minimum absolute atomic E-state index is 0.00809. The third-order valence-electron chi connectivity index (χ3n) is 8.74. The molecule has 0 saturated carbocycles. The number of phenols is 2. The van der Waals surface area contributed by atoms with Crippen LogP contribution in [0, 0.1) is 5.92 Å². The van der Waals surface area contributed by atoms with Gasteiger partial charge in [-0.15, -0.1) is 0 Å². The zero-order chi connectivity index (χ0) is 33.5. The van der Waals surface area contributed by atoms with Crippen LogP contribution in [0.15, 0.2) is 40.9 Å². The van der Waals surface area contributed by atoms with E-state index in [1.165, 1.54) is 6.07 Å². The number of hydrogen-bond acceptors (Lipinski definition) is 10. The summed E-state index contributed by atoms with van der Waals surface area (Å²) in [5, 5.41) is 31.5. The molecule has 5 rings (SSSR count). The standard InChI is InChI=1S/C35H47N5O7/c1-22(2)26-19-27(29(42)20-28(26)41)33-30(25-7-5-24(6-8-25)21-40-13-17-46-18-14-40)32(38-47-33)35(44)37-31(23(3)4)34(43)36-9-10-39-11-15-45-16-12-39/h5-8,19-20,22-23,31,41-42H,9-18,21H2,1-4H3,(H,36,43)(H,37,44)/t31-/m1/s1. The second-order valence-electron chi connectivity index (χ2n) is 12.8. The highest BCUT2D eigenvalue weighted by Crippen LogP contribution is 2.43. The summed E-state index contributed by atoms with van der Waals surface area (Å²) in [7, 11) is 0. The van der Waals surface area contributed by atoms with Crippen molar-refractivity contribution in [1.29, 1.82) is 0 Å². The van der Waals surface area contributed by atoms with Gasteiger partial charge in [-0.2, -0.15) is 0 Å². The zero-order valence-electron chi connectivity index (χ0n) is 27.8. The fourth-order valence-electron chi connectivity index (χ4n) is 5.95. The van der Waals surface area contributed by atoms with Gasteiger partial charge in [0.2, 0.25) is 5.91 Å². The minimum Gasteiger partial charge on any atom is -0.508 e. The van der Waals surface area contributed by atoms with Crippen molar-refractivity contribution in [3.05, 3.63) is 53.2 Å². The van der Waals surface area contributed by atoms with Crippen LogP contribution in [-0.4, -0.2) is 109 Å². The number of nitrogens with zero attached hydrogens (tertiary/aromatic N) is 3. The third kappa shape index (κ3) is 8.50. The van der Waals surface area contributed by atoms with Gasteiger partial charge in [-0.05, 0) is 34.6 Å². The van der Waals surface area contributed by atoms with Gasteiger partial charge >= 0.3 is 0 Å². The van der Waals surface area contributed by atoms with Crippen LogP contribution in [0.5, 0.6) is 11.5 Å². The Morgan fingerprint density at radius 1 is 0.894 bits per heavy atom. The summed E-state index contributed by atoms with van der Waals surface area (Å²) in [4.78, 5) is 31.7. The largest absolute Gasteiger partial charge is 0.508 e. The molecule has 4 N–H and O–H groups in total. The zero-order valence-corrected chi connectivity index (χ0v) is 27.8. The number of aromatic hydroxyl groups is 2. The molecule has 0 spiro atoms. The highest BCUT2D eigenvalue weighted by molar-refractivity contribution is 6.04. The molecule has 1 atom stereocenters. The molecule has 3 heterocycles. The smallest absolute Gasteiger partial charge is 0.274 e. The van der Waals surface area contributed by atoms with Crippen LogP contribution in [-0.2, 0) is 20.8 Å². The van der Waals surface area contributed by atoms with Crippen LogP contribution in [0.2, 0.25) is 0 Å². The number of hydrogen-bond donors (Lipinski definition) is 4. The van der Waals surface area contributed by atoms with Gasteiger partial charge in [0.15, 0.2) is 11.5 Å². The Hall–Kier alpha value is -3.97. The molecule has 0 unspecified atom stereocenters. The van der Waals surface area contributed by atoms with Crippen molar-refractivity contribution >= 4 is 11.8 Å². The van der Waals surface area contributed by atoms with E-state index in [0.29, 0.717) is 61.8 Å². The molecule has 12 heteroatoms. The van der Waals surface area contributed by atoms with Crippen molar-refractivity contribution in [2.45, 2.75) is 46.2 Å². The number of aromatic nitrogens is 1. The van der Waals surface area contributed by atoms with Gasteiger partial charge in [-0.25, -0.2) is 0 Å². The molecule has 2 aliphatic rings. The molecular formula is C35H47N5O7. The van der Waals surface area contributed by atoms with Crippen LogP contribution >= 0.6 is 0 Å². The van der Waals surface area contributed by atoms with E-state index in [0.717, 1.165) is 38.3 Å². The van der Waals surface area contributed by atoms with E-state index < -0.39 is 11.9 Å². The van der Waals surface area contributed by atoms with E-state index in [4.69, 9.17) is 14.0 Å². The summed E-state index contributed by atoms with van der Waals surface area (Å²) in [5.41, 5.74) is 3.04. The highest BCUT2D eigenvalue weighted by Gasteiger charge is 2.31. The first-order valence-electron chi connectivity index (χ1n) is 16.5. The molecule has 3 aromatic rings. The van der Waals surface area contributed by atoms with Gasteiger partial charge in [0.05, 0.1) is 37.6 Å². The van der Waals surface area contributed by atoms with E-state index in [9.17, 15) is 19.8 Å². The number of carbonyl (C=O) groups excluding carboxylic acids is 2. The Kier molecular flexibility index (Phi) is 11.5. The fraction of sp³-hybridized carbons (Fsp3) is 0.514. The summed E-state index contributed by atoms with van der Waals surface area (Å²) in [6.45, 7) is 15.6. The van der Waals surface area contributed by atoms with Crippen molar-refractivity contribution < 1.29 is 33.8 Å². The number of amides is 2. The number of ether oxygens (including phenoxy) is 2. The monoisotopic (exact) mass is 649 g/mol. The van der Waals surface area contributed by atoms with Gasteiger partial charge in [0, 0.05) is 51.9 Å². The molecule has 1 aromatic heterocycles. The number of carbonyl (C=O) groups is 2. The Bertz CT molecular complexity index is 1510. The summed E-state index contributed by atoms with van der Waals surface area (Å²) in [6, 6.07) is 9.93. The van der Waals surface area contributed by atoms with Crippen LogP contribution < -0.4 is 10.6 Å². The number of phenolic OH excluding ortho intramolecular Hbond substituents is 2. The lowest BCUT2D eigenvalue weighted by atomic mass is 9.93. The van der Waals surface area contributed by atoms with Gasteiger partial charge in [-0.3, -0.25) is 19.4 Å². The van der Waals surface area contributed by atoms with E-state index in [1.807, 2.05) is 52.0 Å². The van der Waals surface area contributed by atoms with Gasteiger partial charge in [-0.1, -0.05) is 57.1 Å². The first kappa shape index (κ1) is 34.4. The lowest BCUT2D eigenvalue weighted by molar-refractivity contribution is -0.124. The first-order chi connectivity index (χ1) is 22.6. The predicted octanol–water partition coefficient (Wildman–Crippen LogP) is 3.58. The summed E-state index contributed by atoms with van der Waals surface area (Å²) < 4.78 is 16.7. The second kappa shape index (κ2) is 15.7. The number of benzene rings is 2. The number of nitrogens with one attached hydrogen (secondary N) is 2. The number of morpholine rings is 2. The Morgan fingerprint density at radius 2 is 1.53 bits per heavy atom. The Morgan fingerprint density at radius 3 is 2.15 bits per heavy atom. The summed E-state index contributed by atoms with van der Waals surface area (Å²) >= 11 is 0. The molecule has 2 aromatic carbocycles. The van der Waals surface area contributed by atoms with E-state index in [-0.39, 0.29) is 40.7 Å². The molecule has 2 amide bonds. The topological polar surface area (TPSA) is 150 Å². The molecule has 254 valence electrons. The first-order valence-corrected chi connectivity index (χ1v) is 16.5. The van der Waals surface area contributed by atoms with Crippen LogP contribution in [0.4, 0.5) is 0 Å². The Balaban J connectivity index is 1.43. The number of rotatable bonds is 12. The lowest BCUT2D eigenvalue weighted by Gasteiger charge is -2.27. The maximum atomic E-state index is 13.9. The quantitative estimate of drug-likeness (QED) is 0.229. The predicted molar refractivity (Wildman–Crippen MR) is 177 cm³/mol. The normalized spacial score (nSPS) is 16.8. The molecular weight excluding hydrogens is 602 g/mol. The molecule has 2 saturated heterocycles. The molecule has 0 radical (unpaired) electrons. The van der Waals surface area contributed by atoms with Crippen LogP contribution in [0.25, 0.3) is 22.5 Å². The summed E-state index contributed by atoms with van der Waals surface area (Å²) in [5.74, 6) is -1.16. The fourth-order valence-corrected chi connectivity index (χ4v) is 5.95. The molecule has 2 aliphatic heterocycles. The van der Waals surface area contributed by atoms with Crippen molar-refractivity contribution in [2.75, 3.05) is 65.7 Å². The Labute approximate surface area is 276 Å². The molecule has 0 bridgehead atoms. The average Bonchev–Trinajstić information content (AvgIpc) is 3.49. The van der Waals surface area contributed by atoms with E-state index in [2.05, 4.69) is 25.6 Å². The SMILES string of the molecule is CC(C)c1cc(-c2onc(C(=O)N[C@@H](C(=O)NCCN3CCOCC3)C(C)C)c2-c2ccc(CN3CCOCC3)cc2)c(O)cc1O. The molecule has 12 nitrogen and oxygen atoms in total. The van der Waals surface area contributed by atoms with Crippen molar-refractivity contribution in [1.82, 2.24) is 25.6 Å². The lowest BCUT2D eigenvalue weighted by Crippen LogP contribution is -2.51. The van der Waals surface area contributed by atoms with Gasteiger partial charge < -0.3 is 34.8 Å². The molecule has 0 aliphatic carbocycles. The van der Waals surface area contributed by atoms with Gasteiger partial charge in [0.25, 0.3) is 5.91 Å². The van der Waals surface area contributed by atoms with Gasteiger partial charge in [0.1, 0.15) is 17.5 Å². The van der Waals surface area contributed by atoms with E-state index >= 15 is 0 Å². The van der Waals surface area contributed by atoms with E-state index in [1.54, 1.807) is 6.07 Å². The maximum Gasteiger partial charge on any atom is 0.274 e. The van der Waals surface area contributed by atoms with Crippen molar-refractivity contribution in [3.8, 4) is 33.9 Å². The van der Waals surface area contributed by atoms with Crippen LogP contribution in [0.1, 0.15) is 55.2 Å². The van der Waals surface area contributed by atoms with Crippen molar-refractivity contribution in [3.63, 3.8) is 0 Å². The second-order valence-corrected chi connectivity index (χ2v) is 12.8. The maximum absolute atomic E-state index is 13.9. The van der Waals surface area contributed by atoms with Crippen LogP contribution in [0.3, 0.4) is 0 Å². The highest BCUT2D eigenvalue weighted by atomic mass is 16.5.